The molecule has 140 valence electrons. The maximum Gasteiger partial charge on any atom is 0.263 e. The highest BCUT2D eigenvalue weighted by Crippen LogP contribution is 2.24. The van der Waals surface area contributed by atoms with Crippen molar-refractivity contribution in [1.29, 1.82) is 0 Å². The third-order valence-corrected chi connectivity index (χ3v) is 5.08. The Morgan fingerprint density at radius 2 is 1.76 bits per heavy atom. The van der Waals surface area contributed by atoms with E-state index in [1.807, 2.05) is 27.7 Å². The second kappa shape index (κ2) is 7.86. The van der Waals surface area contributed by atoms with Gasteiger partial charge in [-0.15, -0.1) is 0 Å². The number of carbonyl (C=O) groups is 1. The molecule has 0 fully saturated rings. The van der Waals surface area contributed by atoms with Gasteiger partial charge in [0, 0.05) is 11.1 Å². The molecule has 1 aromatic carbocycles. The number of ether oxygens (including phenoxy) is 1. The van der Waals surface area contributed by atoms with Gasteiger partial charge in [-0.05, 0) is 38.1 Å². The highest BCUT2D eigenvalue weighted by molar-refractivity contribution is 7.92. The smallest absolute Gasteiger partial charge is 0.263 e. The van der Waals surface area contributed by atoms with Gasteiger partial charge in [-0.1, -0.05) is 20.8 Å². The molecule has 0 aliphatic rings. The molecule has 0 saturated carbocycles. The summed E-state index contributed by atoms with van der Waals surface area (Å²) < 4.78 is 30.6. The van der Waals surface area contributed by atoms with Gasteiger partial charge in [0.15, 0.2) is 0 Å². The fourth-order valence-corrected chi connectivity index (χ4v) is 3.11. The Bertz CT molecular complexity index is 734. The molecular weight excluding hydrogens is 342 g/mol. The molecule has 1 atom stereocenters. The van der Waals surface area contributed by atoms with Crippen LogP contribution in [-0.2, 0) is 14.8 Å². The summed E-state index contributed by atoms with van der Waals surface area (Å²) in [4.78, 5) is 12.4. The Balaban J connectivity index is 3.09. The van der Waals surface area contributed by atoms with E-state index in [1.54, 1.807) is 24.3 Å². The van der Waals surface area contributed by atoms with Crippen LogP contribution in [0.5, 0.6) is 5.75 Å². The molecular formula is C17H27N3O4S. The fraction of sp³-hybridized carbons (Fsp3) is 0.529. The van der Waals surface area contributed by atoms with E-state index in [0.717, 1.165) is 16.3 Å². The Hall–Kier alpha value is -2.09. The molecule has 0 saturated heterocycles. The van der Waals surface area contributed by atoms with Crippen LogP contribution < -0.4 is 14.5 Å². The molecule has 8 heteroatoms. The van der Waals surface area contributed by atoms with Crippen LogP contribution in [0.2, 0.25) is 0 Å². The predicted molar refractivity (Wildman–Crippen MR) is 100 cm³/mol. The number of nitrogens with zero attached hydrogens (tertiary/aromatic N) is 2. The van der Waals surface area contributed by atoms with E-state index in [1.165, 1.54) is 14.0 Å². The molecule has 0 unspecified atom stereocenters. The first-order chi connectivity index (χ1) is 11.4. The van der Waals surface area contributed by atoms with E-state index in [-0.39, 0.29) is 5.41 Å². The summed E-state index contributed by atoms with van der Waals surface area (Å²) in [5.41, 5.74) is 3.38. The van der Waals surface area contributed by atoms with Gasteiger partial charge in [-0.25, -0.2) is 13.8 Å². The van der Waals surface area contributed by atoms with Crippen LogP contribution in [0, 0.1) is 5.41 Å². The predicted octanol–water partition coefficient (Wildman–Crippen LogP) is 2.39. The zero-order chi connectivity index (χ0) is 19.4. The van der Waals surface area contributed by atoms with Crippen LogP contribution in [0.3, 0.4) is 0 Å². The van der Waals surface area contributed by atoms with E-state index in [0.29, 0.717) is 11.4 Å². The summed E-state index contributed by atoms with van der Waals surface area (Å²) in [6, 6.07) is 5.50. The topological polar surface area (TPSA) is 88.1 Å². The van der Waals surface area contributed by atoms with Crippen molar-refractivity contribution in [3.8, 4) is 5.75 Å². The molecule has 1 rings (SSSR count). The van der Waals surface area contributed by atoms with Crippen molar-refractivity contribution >= 4 is 27.3 Å². The average Bonchev–Trinajstić information content (AvgIpc) is 2.50. The highest BCUT2D eigenvalue weighted by atomic mass is 32.2. The molecule has 1 amide bonds. The van der Waals surface area contributed by atoms with E-state index >= 15 is 0 Å². The number of hydrogen-bond donors (Lipinski definition) is 1. The van der Waals surface area contributed by atoms with Gasteiger partial charge >= 0.3 is 0 Å². The lowest BCUT2D eigenvalue weighted by atomic mass is 9.91. The Morgan fingerprint density at radius 3 is 2.16 bits per heavy atom. The third-order valence-electron chi connectivity index (χ3n) is 3.83. The van der Waals surface area contributed by atoms with Crippen LogP contribution in [0.1, 0.15) is 34.6 Å². The standard InChI is InChI=1S/C17H27N3O4S/c1-12(16(21)19-18-13(2)17(3,4)5)20(25(7,22)23)14-8-10-15(24-6)11-9-14/h8-12H,1-7H3,(H,19,21)/b18-13-/t12-/m0/s1. The number of benzene rings is 1. The summed E-state index contributed by atoms with van der Waals surface area (Å²) in [5.74, 6) is 0.0875. The summed E-state index contributed by atoms with van der Waals surface area (Å²) in [7, 11) is -2.14. The number of nitrogens with one attached hydrogen (secondary N) is 1. The van der Waals surface area contributed by atoms with Crippen LogP contribution >= 0.6 is 0 Å². The van der Waals surface area contributed by atoms with Crippen molar-refractivity contribution in [1.82, 2.24) is 5.43 Å². The monoisotopic (exact) mass is 369 g/mol. The Kier molecular flexibility index (Phi) is 6.59. The summed E-state index contributed by atoms with van der Waals surface area (Å²) in [6.07, 6.45) is 1.06. The van der Waals surface area contributed by atoms with Gasteiger partial charge in [0.25, 0.3) is 5.91 Å². The first-order valence-electron chi connectivity index (χ1n) is 7.86. The molecule has 1 aromatic rings. The number of methoxy groups -OCH3 is 1. The fourth-order valence-electron chi connectivity index (χ4n) is 1.94. The lowest BCUT2D eigenvalue weighted by Gasteiger charge is -2.28. The molecule has 25 heavy (non-hydrogen) atoms. The minimum absolute atomic E-state index is 0.191. The molecule has 0 heterocycles. The van der Waals surface area contributed by atoms with Crippen molar-refractivity contribution in [2.24, 2.45) is 10.5 Å². The third kappa shape index (κ3) is 5.74. The molecule has 7 nitrogen and oxygen atoms in total. The second-order valence-corrected chi connectivity index (χ2v) is 8.72. The minimum atomic E-state index is -3.67. The number of amides is 1. The number of rotatable bonds is 6. The van der Waals surface area contributed by atoms with Crippen molar-refractivity contribution in [3.63, 3.8) is 0 Å². The SMILES string of the molecule is COc1ccc(N([C@@H](C)C(=O)N/N=C(/C)C(C)(C)C)S(C)(=O)=O)cc1. The molecule has 1 N–H and O–H groups in total. The van der Waals surface area contributed by atoms with Gasteiger partial charge in [0.05, 0.1) is 19.1 Å². The number of hydrogen-bond acceptors (Lipinski definition) is 5. The van der Waals surface area contributed by atoms with Crippen molar-refractivity contribution in [3.05, 3.63) is 24.3 Å². The van der Waals surface area contributed by atoms with Crippen molar-refractivity contribution in [2.75, 3.05) is 17.7 Å². The summed E-state index contributed by atoms with van der Waals surface area (Å²) in [6.45, 7) is 9.25. The lowest BCUT2D eigenvalue weighted by Crippen LogP contribution is -2.47. The molecule has 0 aliphatic heterocycles. The van der Waals surface area contributed by atoms with Crippen LogP contribution in [-0.4, -0.2) is 39.4 Å². The Labute approximate surface area is 150 Å². The zero-order valence-corrected chi connectivity index (χ0v) is 16.6. The normalized spacial score (nSPS) is 14.0. The van der Waals surface area contributed by atoms with Crippen LogP contribution in [0.15, 0.2) is 29.4 Å². The summed E-state index contributed by atoms with van der Waals surface area (Å²) >= 11 is 0. The molecule has 0 radical (unpaired) electrons. The van der Waals surface area contributed by atoms with Gasteiger partial charge in [0.2, 0.25) is 10.0 Å². The first-order valence-corrected chi connectivity index (χ1v) is 9.71. The summed E-state index contributed by atoms with van der Waals surface area (Å²) in [5, 5.41) is 4.08. The van der Waals surface area contributed by atoms with Crippen LogP contribution in [0.25, 0.3) is 0 Å². The number of anilines is 1. The van der Waals surface area contributed by atoms with Crippen LogP contribution in [0.4, 0.5) is 5.69 Å². The van der Waals surface area contributed by atoms with E-state index < -0.39 is 22.0 Å². The molecule has 0 bridgehead atoms. The van der Waals surface area contributed by atoms with E-state index in [9.17, 15) is 13.2 Å². The first kappa shape index (κ1) is 21.0. The molecule has 0 aliphatic carbocycles. The minimum Gasteiger partial charge on any atom is -0.497 e. The number of carbonyl (C=O) groups excluding carboxylic acids is 1. The average molecular weight is 369 g/mol. The highest BCUT2D eigenvalue weighted by Gasteiger charge is 2.29. The number of hydrazone groups is 1. The van der Waals surface area contributed by atoms with Gasteiger partial charge in [-0.2, -0.15) is 5.10 Å². The van der Waals surface area contributed by atoms with Crippen molar-refractivity contribution in [2.45, 2.75) is 40.7 Å². The quantitative estimate of drug-likeness (QED) is 0.616. The Morgan fingerprint density at radius 1 is 1.24 bits per heavy atom. The van der Waals surface area contributed by atoms with Gasteiger partial charge in [0.1, 0.15) is 11.8 Å². The van der Waals surface area contributed by atoms with E-state index in [4.69, 9.17) is 4.74 Å². The second-order valence-electron chi connectivity index (χ2n) is 6.86. The van der Waals surface area contributed by atoms with Gasteiger partial charge < -0.3 is 4.74 Å². The lowest BCUT2D eigenvalue weighted by molar-refractivity contribution is -0.121. The number of sulfonamides is 1. The molecule has 0 spiro atoms. The zero-order valence-electron chi connectivity index (χ0n) is 15.8. The van der Waals surface area contributed by atoms with E-state index in [2.05, 4.69) is 10.5 Å². The largest absolute Gasteiger partial charge is 0.497 e. The van der Waals surface area contributed by atoms with Gasteiger partial charge in [-0.3, -0.25) is 9.10 Å². The molecule has 0 aromatic heterocycles. The van der Waals surface area contributed by atoms with Crippen molar-refractivity contribution < 1.29 is 17.9 Å². The maximum atomic E-state index is 12.4. The maximum absolute atomic E-state index is 12.4.